The van der Waals surface area contributed by atoms with Gasteiger partial charge in [0.1, 0.15) is 0 Å². The standard InChI is InChI=1S/C10H20O2.C2H4O2/c1-7(2)6-8(9(11)12)10(3,4)5;1-2(3)4/h7-8H,6H2,1-5H3,(H,11,12);1H3,(H,3,4). The molecule has 96 valence electrons. The van der Waals surface area contributed by atoms with Gasteiger partial charge in [0.05, 0.1) is 5.92 Å². The van der Waals surface area contributed by atoms with Crippen LogP contribution in [0.4, 0.5) is 0 Å². The van der Waals surface area contributed by atoms with Crippen LogP contribution in [0.2, 0.25) is 0 Å². The van der Waals surface area contributed by atoms with Crippen LogP contribution in [0, 0.1) is 17.3 Å². The van der Waals surface area contributed by atoms with Crippen LogP contribution in [0.1, 0.15) is 48.0 Å². The zero-order valence-corrected chi connectivity index (χ0v) is 11.1. The molecule has 1 unspecified atom stereocenters. The highest BCUT2D eigenvalue weighted by Crippen LogP contribution is 2.31. The summed E-state index contributed by atoms with van der Waals surface area (Å²) in [5.74, 6) is -1.28. The number of carboxylic acids is 2. The molecular formula is C12H24O4. The first-order chi connectivity index (χ1) is 6.98. The normalized spacial score (nSPS) is 12.7. The second-order valence-electron chi connectivity index (χ2n) is 5.41. The lowest BCUT2D eigenvalue weighted by Crippen LogP contribution is -2.29. The van der Waals surface area contributed by atoms with E-state index in [9.17, 15) is 4.79 Å². The average molecular weight is 232 g/mol. The van der Waals surface area contributed by atoms with Crippen molar-refractivity contribution in [2.24, 2.45) is 17.3 Å². The van der Waals surface area contributed by atoms with Gasteiger partial charge in [-0.1, -0.05) is 34.6 Å². The zero-order valence-electron chi connectivity index (χ0n) is 11.1. The van der Waals surface area contributed by atoms with Crippen molar-refractivity contribution in [2.45, 2.75) is 48.0 Å². The third kappa shape index (κ3) is 11.0. The monoisotopic (exact) mass is 232 g/mol. The van der Waals surface area contributed by atoms with Gasteiger partial charge in [0.15, 0.2) is 0 Å². The summed E-state index contributed by atoms with van der Waals surface area (Å²) < 4.78 is 0. The number of carboxylic acid groups (broad SMARTS) is 2. The van der Waals surface area contributed by atoms with Crippen molar-refractivity contribution in [1.82, 2.24) is 0 Å². The van der Waals surface area contributed by atoms with Gasteiger partial charge < -0.3 is 10.2 Å². The van der Waals surface area contributed by atoms with E-state index in [1.54, 1.807) is 0 Å². The van der Waals surface area contributed by atoms with Gasteiger partial charge in [-0.05, 0) is 17.8 Å². The lowest BCUT2D eigenvalue weighted by atomic mass is 9.76. The first kappa shape index (κ1) is 17.3. The summed E-state index contributed by atoms with van der Waals surface area (Å²) in [5.41, 5.74) is -0.129. The Hall–Kier alpha value is -1.06. The van der Waals surface area contributed by atoms with E-state index in [0.29, 0.717) is 5.92 Å². The Bertz CT molecular complexity index is 222. The molecule has 0 saturated heterocycles. The molecule has 4 nitrogen and oxygen atoms in total. The Balaban J connectivity index is 0. The molecule has 0 aromatic heterocycles. The molecule has 0 aliphatic heterocycles. The van der Waals surface area contributed by atoms with Crippen LogP contribution in [0.3, 0.4) is 0 Å². The van der Waals surface area contributed by atoms with E-state index in [0.717, 1.165) is 13.3 Å². The lowest BCUT2D eigenvalue weighted by molar-refractivity contribution is -0.146. The van der Waals surface area contributed by atoms with Crippen molar-refractivity contribution in [3.8, 4) is 0 Å². The maximum absolute atomic E-state index is 10.9. The van der Waals surface area contributed by atoms with Crippen LogP contribution in [-0.4, -0.2) is 22.2 Å². The number of aliphatic carboxylic acids is 2. The van der Waals surface area contributed by atoms with Gasteiger partial charge in [-0.2, -0.15) is 0 Å². The van der Waals surface area contributed by atoms with E-state index >= 15 is 0 Å². The van der Waals surface area contributed by atoms with E-state index in [4.69, 9.17) is 15.0 Å². The Kier molecular flexibility index (Phi) is 7.86. The molecule has 0 aliphatic rings. The Labute approximate surface area is 97.7 Å². The minimum Gasteiger partial charge on any atom is -0.481 e. The quantitative estimate of drug-likeness (QED) is 0.784. The summed E-state index contributed by atoms with van der Waals surface area (Å²) in [6, 6.07) is 0. The number of rotatable bonds is 3. The van der Waals surface area contributed by atoms with E-state index in [-0.39, 0.29) is 11.3 Å². The molecule has 16 heavy (non-hydrogen) atoms. The minimum absolute atomic E-state index is 0.129. The van der Waals surface area contributed by atoms with Crippen molar-refractivity contribution >= 4 is 11.9 Å². The zero-order chi connectivity index (χ0) is 13.5. The van der Waals surface area contributed by atoms with Gasteiger partial charge in [0.2, 0.25) is 0 Å². The maximum Gasteiger partial charge on any atom is 0.307 e. The summed E-state index contributed by atoms with van der Waals surface area (Å²) in [5, 5.41) is 16.4. The van der Waals surface area contributed by atoms with E-state index in [2.05, 4.69) is 13.8 Å². The fourth-order valence-corrected chi connectivity index (χ4v) is 1.30. The van der Waals surface area contributed by atoms with Gasteiger partial charge >= 0.3 is 5.97 Å². The van der Waals surface area contributed by atoms with Crippen molar-refractivity contribution in [2.75, 3.05) is 0 Å². The van der Waals surface area contributed by atoms with Crippen molar-refractivity contribution < 1.29 is 19.8 Å². The van der Waals surface area contributed by atoms with Crippen LogP contribution in [0.5, 0.6) is 0 Å². The summed E-state index contributed by atoms with van der Waals surface area (Å²) in [7, 11) is 0. The fourth-order valence-electron chi connectivity index (χ4n) is 1.30. The predicted octanol–water partition coefficient (Wildman–Crippen LogP) is 2.87. The minimum atomic E-state index is -0.833. The van der Waals surface area contributed by atoms with Crippen LogP contribution in [0.25, 0.3) is 0 Å². The molecule has 1 atom stereocenters. The first-order valence-corrected chi connectivity index (χ1v) is 5.40. The highest BCUT2D eigenvalue weighted by molar-refractivity contribution is 5.70. The third-order valence-corrected chi connectivity index (χ3v) is 2.05. The molecule has 4 heteroatoms. The van der Waals surface area contributed by atoms with Gasteiger partial charge in [-0.25, -0.2) is 0 Å². The Morgan fingerprint density at radius 1 is 1.12 bits per heavy atom. The second-order valence-corrected chi connectivity index (χ2v) is 5.41. The molecule has 0 radical (unpaired) electrons. The van der Waals surface area contributed by atoms with Crippen molar-refractivity contribution in [3.05, 3.63) is 0 Å². The lowest BCUT2D eigenvalue weighted by Gasteiger charge is -2.28. The molecule has 0 spiro atoms. The number of hydrogen-bond acceptors (Lipinski definition) is 2. The summed E-state index contributed by atoms with van der Waals surface area (Å²) in [4.78, 5) is 19.9. The molecule has 0 aromatic rings. The van der Waals surface area contributed by atoms with E-state index in [1.807, 2.05) is 20.8 Å². The summed E-state index contributed by atoms with van der Waals surface area (Å²) in [6.45, 7) is 11.1. The molecule has 0 amide bonds. The van der Waals surface area contributed by atoms with Gasteiger partial charge in [0, 0.05) is 6.92 Å². The third-order valence-electron chi connectivity index (χ3n) is 2.05. The highest BCUT2D eigenvalue weighted by atomic mass is 16.4. The molecule has 0 heterocycles. The van der Waals surface area contributed by atoms with Crippen LogP contribution in [-0.2, 0) is 9.59 Å². The van der Waals surface area contributed by atoms with Crippen molar-refractivity contribution in [1.29, 1.82) is 0 Å². The Morgan fingerprint density at radius 2 is 1.44 bits per heavy atom. The van der Waals surface area contributed by atoms with Gasteiger partial charge in [-0.15, -0.1) is 0 Å². The number of carbonyl (C=O) groups is 2. The summed E-state index contributed by atoms with van der Waals surface area (Å²) in [6.07, 6.45) is 0.763. The van der Waals surface area contributed by atoms with Gasteiger partial charge in [0.25, 0.3) is 5.97 Å². The molecule has 0 fully saturated rings. The van der Waals surface area contributed by atoms with Crippen LogP contribution in [0.15, 0.2) is 0 Å². The maximum atomic E-state index is 10.9. The van der Waals surface area contributed by atoms with Crippen molar-refractivity contribution in [3.63, 3.8) is 0 Å². The number of hydrogen-bond donors (Lipinski definition) is 2. The average Bonchev–Trinajstić information content (AvgIpc) is 1.95. The predicted molar refractivity (Wildman–Crippen MR) is 63.3 cm³/mol. The van der Waals surface area contributed by atoms with E-state index < -0.39 is 11.9 Å². The first-order valence-electron chi connectivity index (χ1n) is 5.40. The smallest absolute Gasteiger partial charge is 0.307 e. The van der Waals surface area contributed by atoms with Crippen LogP contribution < -0.4 is 0 Å². The largest absolute Gasteiger partial charge is 0.481 e. The Morgan fingerprint density at radius 3 is 1.50 bits per heavy atom. The topological polar surface area (TPSA) is 74.6 Å². The van der Waals surface area contributed by atoms with E-state index in [1.165, 1.54) is 0 Å². The molecule has 0 bridgehead atoms. The molecule has 0 rings (SSSR count). The summed E-state index contributed by atoms with van der Waals surface area (Å²) >= 11 is 0. The highest BCUT2D eigenvalue weighted by Gasteiger charge is 2.31. The van der Waals surface area contributed by atoms with Crippen LogP contribution >= 0.6 is 0 Å². The SMILES string of the molecule is CC(=O)O.CC(C)CC(C(=O)O)C(C)(C)C. The fraction of sp³-hybridized carbons (Fsp3) is 0.833. The second kappa shape index (κ2) is 7.25. The molecule has 2 N–H and O–H groups in total. The molecular weight excluding hydrogens is 208 g/mol. The molecule has 0 aliphatic carbocycles. The molecule has 0 saturated carbocycles. The van der Waals surface area contributed by atoms with Gasteiger partial charge in [-0.3, -0.25) is 9.59 Å². The molecule has 0 aromatic carbocycles.